The Morgan fingerprint density at radius 3 is 2.90 bits per heavy atom. The van der Waals surface area contributed by atoms with Crippen LogP contribution in [-0.4, -0.2) is 42.8 Å². The first-order valence-corrected chi connectivity index (χ1v) is 6.58. The van der Waals surface area contributed by atoms with Crippen molar-refractivity contribution in [1.82, 2.24) is 4.90 Å². The lowest BCUT2D eigenvalue weighted by Crippen LogP contribution is -2.27. The van der Waals surface area contributed by atoms with Crippen LogP contribution in [0.1, 0.15) is 24.0 Å². The first kappa shape index (κ1) is 16.2. The van der Waals surface area contributed by atoms with Crippen molar-refractivity contribution in [2.75, 3.05) is 26.8 Å². The van der Waals surface area contributed by atoms with Gasteiger partial charge in [-0.15, -0.1) is 0 Å². The van der Waals surface area contributed by atoms with Crippen LogP contribution in [0.15, 0.2) is 24.3 Å². The van der Waals surface area contributed by atoms with Crippen molar-refractivity contribution < 1.29 is 14.6 Å². The maximum atomic E-state index is 10.7. The molecular formula is C15H20N2O3. The van der Waals surface area contributed by atoms with Crippen molar-refractivity contribution in [3.63, 3.8) is 0 Å². The van der Waals surface area contributed by atoms with Crippen molar-refractivity contribution in [3.05, 3.63) is 35.4 Å². The summed E-state index contributed by atoms with van der Waals surface area (Å²) in [6.45, 7) is 2.57. The molecule has 5 heteroatoms. The van der Waals surface area contributed by atoms with E-state index in [1.165, 1.54) is 0 Å². The number of hydrogen-bond acceptors (Lipinski definition) is 4. The highest BCUT2D eigenvalue weighted by atomic mass is 16.5. The minimum Gasteiger partial charge on any atom is -0.481 e. The maximum Gasteiger partial charge on any atom is 0.304 e. The maximum absolute atomic E-state index is 10.7. The molecule has 1 aromatic carbocycles. The monoisotopic (exact) mass is 276 g/mol. The van der Waals surface area contributed by atoms with Gasteiger partial charge >= 0.3 is 5.97 Å². The lowest BCUT2D eigenvalue weighted by molar-refractivity contribution is -0.137. The summed E-state index contributed by atoms with van der Waals surface area (Å²) < 4.78 is 5.02. The first-order chi connectivity index (χ1) is 9.65. The number of nitriles is 1. The van der Waals surface area contributed by atoms with Crippen LogP contribution in [0.5, 0.6) is 0 Å². The van der Waals surface area contributed by atoms with Crippen LogP contribution < -0.4 is 0 Å². The van der Waals surface area contributed by atoms with Crippen molar-refractivity contribution in [2.24, 2.45) is 0 Å². The molecule has 0 fully saturated rings. The van der Waals surface area contributed by atoms with Crippen LogP contribution in [0, 0.1) is 11.3 Å². The summed E-state index contributed by atoms with van der Waals surface area (Å²) in [6, 6.07) is 9.50. The van der Waals surface area contributed by atoms with E-state index in [1.54, 1.807) is 13.2 Å². The van der Waals surface area contributed by atoms with E-state index in [4.69, 9.17) is 15.1 Å². The fourth-order valence-electron chi connectivity index (χ4n) is 1.95. The van der Waals surface area contributed by atoms with Gasteiger partial charge in [0.1, 0.15) is 0 Å². The van der Waals surface area contributed by atoms with Crippen molar-refractivity contribution in [2.45, 2.75) is 19.4 Å². The second kappa shape index (κ2) is 9.08. The van der Waals surface area contributed by atoms with Gasteiger partial charge in [0.2, 0.25) is 0 Å². The Balaban J connectivity index is 2.61. The van der Waals surface area contributed by atoms with Gasteiger partial charge in [-0.3, -0.25) is 9.69 Å². The molecule has 0 aliphatic heterocycles. The molecule has 108 valence electrons. The predicted molar refractivity (Wildman–Crippen MR) is 75.2 cm³/mol. The van der Waals surface area contributed by atoms with E-state index in [0.717, 1.165) is 18.5 Å². The average Bonchev–Trinajstić information content (AvgIpc) is 2.45. The number of nitrogens with zero attached hydrogens (tertiary/aromatic N) is 2. The summed E-state index contributed by atoms with van der Waals surface area (Å²) in [5, 5.41) is 17.7. The van der Waals surface area contributed by atoms with Gasteiger partial charge in [-0.1, -0.05) is 12.1 Å². The topological polar surface area (TPSA) is 73.6 Å². The van der Waals surface area contributed by atoms with Gasteiger partial charge in [-0.25, -0.2) is 0 Å². The summed E-state index contributed by atoms with van der Waals surface area (Å²) in [4.78, 5) is 12.8. The number of methoxy groups -OCH3 is 1. The number of rotatable bonds is 9. The number of carboxylic acid groups (broad SMARTS) is 1. The largest absolute Gasteiger partial charge is 0.481 e. The molecule has 1 N–H and O–H groups in total. The highest BCUT2D eigenvalue weighted by molar-refractivity contribution is 5.66. The molecule has 0 aliphatic carbocycles. The van der Waals surface area contributed by atoms with Crippen LogP contribution >= 0.6 is 0 Å². The number of carbonyl (C=O) groups is 1. The summed E-state index contributed by atoms with van der Waals surface area (Å²) in [6.07, 6.45) is 0.971. The quantitative estimate of drug-likeness (QED) is 0.697. The van der Waals surface area contributed by atoms with E-state index in [-0.39, 0.29) is 6.42 Å². The zero-order chi connectivity index (χ0) is 14.8. The van der Waals surface area contributed by atoms with Crippen LogP contribution in [0.25, 0.3) is 0 Å². The van der Waals surface area contributed by atoms with E-state index in [9.17, 15) is 4.79 Å². The Kier molecular flexibility index (Phi) is 7.33. The van der Waals surface area contributed by atoms with E-state index < -0.39 is 5.97 Å². The molecule has 1 rings (SSSR count). The summed E-state index contributed by atoms with van der Waals surface area (Å²) >= 11 is 0. The van der Waals surface area contributed by atoms with Crippen LogP contribution in [0.2, 0.25) is 0 Å². The molecule has 0 aromatic heterocycles. The van der Waals surface area contributed by atoms with Gasteiger partial charge < -0.3 is 9.84 Å². The van der Waals surface area contributed by atoms with Crippen LogP contribution in [0.4, 0.5) is 0 Å². The number of benzene rings is 1. The van der Waals surface area contributed by atoms with E-state index >= 15 is 0 Å². The molecule has 0 saturated carbocycles. The standard InChI is InChI=1S/C15H20N2O3/c1-20-9-3-7-17(8-6-15(18)19)12-14-5-2-4-13(10-14)11-16/h2,4-5,10H,3,6-9,12H2,1H3,(H,18,19). The molecule has 0 bridgehead atoms. The Labute approximate surface area is 119 Å². The predicted octanol–water partition coefficient (Wildman–Crippen LogP) is 1.87. The number of hydrogen-bond donors (Lipinski definition) is 1. The molecule has 0 spiro atoms. The van der Waals surface area contributed by atoms with Gasteiger partial charge in [0.15, 0.2) is 0 Å². The third-order valence-electron chi connectivity index (χ3n) is 2.93. The second-order valence-corrected chi connectivity index (χ2v) is 4.58. The molecule has 0 aliphatic rings. The van der Waals surface area contributed by atoms with E-state index in [0.29, 0.717) is 25.3 Å². The van der Waals surface area contributed by atoms with Crippen molar-refractivity contribution >= 4 is 5.97 Å². The van der Waals surface area contributed by atoms with Crippen molar-refractivity contribution in [1.29, 1.82) is 5.26 Å². The van der Waals surface area contributed by atoms with E-state index in [2.05, 4.69) is 11.0 Å². The van der Waals surface area contributed by atoms with Crippen LogP contribution in [-0.2, 0) is 16.1 Å². The van der Waals surface area contributed by atoms with Gasteiger partial charge in [0.25, 0.3) is 0 Å². The lowest BCUT2D eigenvalue weighted by Gasteiger charge is -2.21. The zero-order valence-corrected chi connectivity index (χ0v) is 11.7. The molecule has 0 unspecified atom stereocenters. The third-order valence-corrected chi connectivity index (χ3v) is 2.93. The summed E-state index contributed by atoms with van der Waals surface area (Å²) in [7, 11) is 1.65. The molecule has 20 heavy (non-hydrogen) atoms. The minimum absolute atomic E-state index is 0.116. The molecular weight excluding hydrogens is 256 g/mol. The average molecular weight is 276 g/mol. The Hall–Kier alpha value is -1.90. The molecule has 0 heterocycles. The van der Waals surface area contributed by atoms with Gasteiger partial charge in [0.05, 0.1) is 18.1 Å². The molecule has 0 radical (unpaired) electrons. The highest BCUT2D eigenvalue weighted by Crippen LogP contribution is 2.09. The summed E-state index contributed by atoms with van der Waals surface area (Å²) in [5.41, 5.74) is 1.64. The normalized spacial score (nSPS) is 10.4. The minimum atomic E-state index is -0.799. The SMILES string of the molecule is COCCCN(CCC(=O)O)Cc1cccc(C#N)c1. The fraction of sp³-hybridized carbons (Fsp3) is 0.467. The molecule has 0 atom stereocenters. The first-order valence-electron chi connectivity index (χ1n) is 6.58. The van der Waals surface area contributed by atoms with Gasteiger partial charge in [-0.2, -0.15) is 5.26 Å². The van der Waals surface area contributed by atoms with Gasteiger partial charge in [-0.05, 0) is 24.1 Å². The molecule has 5 nitrogen and oxygen atoms in total. The fourth-order valence-corrected chi connectivity index (χ4v) is 1.95. The second-order valence-electron chi connectivity index (χ2n) is 4.58. The number of ether oxygens (including phenoxy) is 1. The smallest absolute Gasteiger partial charge is 0.304 e. The number of carboxylic acids is 1. The Morgan fingerprint density at radius 2 is 2.25 bits per heavy atom. The third kappa shape index (κ3) is 6.32. The van der Waals surface area contributed by atoms with Crippen LogP contribution in [0.3, 0.4) is 0 Å². The zero-order valence-electron chi connectivity index (χ0n) is 11.7. The number of aliphatic carboxylic acids is 1. The lowest BCUT2D eigenvalue weighted by atomic mass is 10.1. The highest BCUT2D eigenvalue weighted by Gasteiger charge is 2.08. The van der Waals surface area contributed by atoms with E-state index in [1.807, 2.05) is 18.2 Å². The summed E-state index contributed by atoms with van der Waals surface area (Å²) in [5.74, 6) is -0.799. The molecule has 0 amide bonds. The Bertz CT molecular complexity index is 468. The molecule has 0 saturated heterocycles. The molecule has 1 aromatic rings. The van der Waals surface area contributed by atoms with Crippen molar-refractivity contribution in [3.8, 4) is 6.07 Å². The Morgan fingerprint density at radius 1 is 1.45 bits per heavy atom. The van der Waals surface area contributed by atoms with Gasteiger partial charge in [0, 0.05) is 33.4 Å².